The van der Waals surface area contributed by atoms with Crippen LogP contribution in [-0.4, -0.2) is 28.1 Å². The number of rotatable bonds is 3. The zero-order chi connectivity index (χ0) is 17.6. The van der Waals surface area contributed by atoms with Crippen LogP contribution in [0.5, 0.6) is 0 Å². The zero-order valence-corrected chi connectivity index (χ0v) is 15.3. The van der Waals surface area contributed by atoms with Crippen LogP contribution in [0.1, 0.15) is 34.1 Å². The molecule has 2 aromatic rings. The molecule has 1 N–H and O–H groups in total. The Hall–Kier alpha value is -2.31. The van der Waals surface area contributed by atoms with Gasteiger partial charge in [0.15, 0.2) is 5.78 Å². The summed E-state index contributed by atoms with van der Waals surface area (Å²) in [4.78, 5) is 28.6. The molecule has 0 atom stereocenters. The Morgan fingerprint density at radius 2 is 2.12 bits per heavy atom. The molecule has 0 unspecified atom stereocenters. The molecule has 0 bridgehead atoms. The first kappa shape index (κ1) is 16.2. The highest BCUT2D eigenvalue weighted by Gasteiger charge is 2.26. The fourth-order valence-electron chi connectivity index (χ4n) is 3.14. The van der Waals surface area contributed by atoms with Gasteiger partial charge in [0, 0.05) is 28.4 Å². The van der Waals surface area contributed by atoms with Crippen molar-refractivity contribution in [2.45, 2.75) is 19.9 Å². The average molecular weight is 368 g/mol. The van der Waals surface area contributed by atoms with E-state index in [1.807, 2.05) is 42.2 Å². The van der Waals surface area contributed by atoms with Gasteiger partial charge in [0.05, 0.1) is 17.1 Å². The highest BCUT2D eigenvalue weighted by molar-refractivity contribution is 7.80. The number of Topliss-reactive ketones (excluding diaryl/α,β-unsaturated/α-hetero) is 1. The van der Waals surface area contributed by atoms with E-state index < -0.39 is 0 Å². The van der Waals surface area contributed by atoms with Crippen molar-refractivity contribution >= 4 is 46.3 Å². The summed E-state index contributed by atoms with van der Waals surface area (Å²) in [5.74, 6) is 0.151. The number of carbonyl (C=O) groups excluding carboxylic acids is 2. The van der Waals surface area contributed by atoms with Crippen LogP contribution in [0.4, 0.5) is 0 Å². The summed E-state index contributed by atoms with van der Waals surface area (Å²) in [6, 6.07) is 10.1. The van der Waals surface area contributed by atoms with E-state index in [2.05, 4.69) is 11.4 Å². The molecule has 4 rings (SSSR count). The monoisotopic (exact) mass is 368 g/mol. The van der Waals surface area contributed by atoms with Gasteiger partial charge in [0.2, 0.25) is 0 Å². The Bertz CT molecular complexity index is 943. The van der Waals surface area contributed by atoms with Crippen LogP contribution < -0.4 is 5.32 Å². The number of ketones is 1. The van der Waals surface area contributed by atoms with E-state index in [1.165, 1.54) is 0 Å². The van der Waals surface area contributed by atoms with Crippen molar-refractivity contribution in [2.24, 2.45) is 0 Å². The van der Waals surface area contributed by atoms with Crippen LogP contribution in [0.2, 0.25) is 0 Å². The van der Waals surface area contributed by atoms with Gasteiger partial charge in [-0.25, -0.2) is 0 Å². The van der Waals surface area contributed by atoms with Crippen LogP contribution in [-0.2, 0) is 11.3 Å². The molecule has 6 heteroatoms. The van der Waals surface area contributed by atoms with Crippen LogP contribution in [0, 0.1) is 0 Å². The van der Waals surface area contributed by atoms with Crippen molar-refractivity contribution in [1.82, 2.24) is 10.2 Å². The normalized spacial score (nSPS) is 18.2. The van der Waals surface area contributed by atoms with Gasteiger partial charge >= 0.3 is 0 Å². The molecule has 1 fully saturated rings. The molecule has 3 heterocycles. The molecule has 0 aliphatic carbocycles. The van der Waals surface area contributed by atoms with Gasteiger partial charge in [-0.3, -0.25) is 9.59 Å². The third kappa shape index (κ3) is 2.92. The van der Waals surface area contributed by atoms with Crippen molar-refractivity contribution in [3.8, 4) is 10.4 Å². The molecule has 2 aliphatic heterocycles. The minimum Gasteiger partial charge on any atom is -0.347 e. The largest absolute Gasteiger partial charge is 0.347 e. The summed E-state index contributed by atoms with van der Waals surface area (Å²) < 4.78 is 0. The van der Waals surface area contributed by atoms with E-state index in [-0.39, 0.29) is 11.7 Å². The van der Waals surface area contributed by atoms with Crippen LogP contribution >= 0.6 is 23.6 Å². The van der Waals surface area contributed by atoms with E-state index in [9.17, 15) is 9.59 Å². The molecule has 1 saturated heterocycles. The SMILES string of the molecule is CCN1Cc2cc(-c3ccc(/C=C4/NC(=S)CC4=O)s3)ccc2C1=O. The number of carbonyl (C=O) groups is 2. The van der Waals surface area contributed by atoms with Crippen LogP contribution in [0.25, 0.3) is 16.5 Å². The first-order valence-electron chi connectivity index (χ1n) is 8.12. The molecule has 0 saturated carbocycles. The number of thiophene rings is 1. The summed E-state index contributed by atoms with van der Waals surface area (Å²) in [5.41, 5.74) is 3.55. The summed E-state index contributed by atoms with van der Waals surface area (Å²) in [6.45, 7) is 3.40. The fraction of sp³-hybridized carbons (Fsp3) is 0.211. The quantitative estimate of drug-likeness (QED) is 0.664. The maximum atomic E-state index is 12.2. The molecule has 1 amide bonds. The van der Waals surface area contributed by atoms with E-state index in [0.29, 0.717) is 23.7 Å². The number of benzene rings is 1. The van der Waals surface area contributed by atoms with Gasteiger partial charge in [0.1, 0.15) is 0 Å². The van der Waals surface area contributed by atoms with Crippen molar-refractivity contribution < 1.29 is 9.59 Å². The van der Waals surface area contributed by atoms with Gasteiger partial charge < -0.3 is 10.2 Å². The standard InChI is InChI=1S/C19H16N2O2S2/c1-2-21-10-12-7-11(3-5-14(12)19(21)23)17-6-4-13(25-17)8-15-16(22)9-18(24)20-15/h3-8H,2,9-10H2,1H3,(H,20,24)/b15-8+. The van der Waals surface area contributed by atoms with Gasteiger partial charge in [0.25, 0.3) is 5.91 Å². The fourth-order valence-corrected chi connectivity index (χ4v) is 4.33. The molecule has 2 aliphatic rings. The minimum absolute atomic E-state index is 0.0376. The third-order valence-corrected chi connectivity index (χ3v) is 5.79. The number of allylic oxidation sites excluding steroid dienone is 1. The number of nitrogens with one attached hydrogen (secondary N) is 1. The van der Waals surface area contributed by atoms with Gasteiger partial charge in [-0.1, -0.05) is 18.3 Å². The second-order valence-corrected chi connectivity index (χ2v) is 7.71. The first-order chi connectivity index (χ1) is 12.0. The number of fused-ring (bicyclic) bond motifs is 1. The van der Waals surface area contributed by atoms with Crippen molar-refractivity contribution in [2.75, 3.05) is 6.54 Å². The molecule has 126 valence electrons. The Morgan fingerprint density at radius 1 is 1.28 bits per heavy atom. The van der Waals surface area contributed by atoms with Crippen LogP contribution in [0.15, 0.2) is 36.0 Å². The van der Waals surface area contributed by atoms with E-state index in [1.54, 1.807) is 11.3 Å². The van der Waals surface area contributed by atoms with Crippen molar-refractivity contribution in [3.05, 3.63) is 52.0 Å². The molecule has 0 spiro atoms. The van der Waals surface area contributed by atoms with Gasteiger partial charge in [-0.2, -0.15) is 0 Å². The Labute approximate surface area is 155 Å². The number of amides is 1. The van der Waals surface area contributed by atoms with Gasteiger partial charge in [-0.15, -0.1) is 11.3 Å². The highest BCUT2D eigenvalue weighted by atomic mass is 32.1. The average Bonchev–Trinajstić information content (AvgIpc) is 3.26. The number of thiocarbonyl (C=S) groups is 1. The molecule has 1 aromatic carbocycles. The minimum atomic E-state index is 0.0376. The highest BCUT2D eigenvalue weighted by Crippen LogP contribution is 2.33. The molecule has 25 heavy (non-hydrogen) atoms. The maximum absolute atomic E-state index is 12.2. The topological polar surface area (TPSA) is 49.4 Å². The molecule has 4 nitrogen and oxygen atoms in total. The zero-order valence-electron chi connectivity index (χ0n) is 13.7. The predicted octanol–water partition coefficient (Wildman–Crippen LogP) is 3.62. The van der Waals surface area contributed by atoms with Gasteiger partial charge in [-0.05, 0) is 48.4 Å². The second kappa shape index (κ2) is 6.20. The Balaban J connectivity index is 1.62. The summed E-state index contributed by atoms with van der Waals surface area (Å²) in [6.07, 6.45) is 2.15. The van der Waals surface area contributed by atoms with E-state index in [4.69, 9.17) is 12.2 Å². The first-order valence-corrected chi connectivity index (χ1v) is 9.35. The van der Waals surface area contributed by atoms with Crippen LogP contribution in [0.3, 0.4) is 0 Å². The molecular formula is C19H16N2O2S2. The summed E-state index contributed by atoms with van der Waals surface area (Å²) in [5, 5.41) is 2.96. The Morgan fingerprint density at radius 3 is 2.84 bits per heavy atom. The van der Waals surface area contributed by atoms with Crippen molar-refractivity contribution in [1.29, 1.82) is 0 Å². The number of nitrogens with zero attached hydrogens (tertiary/aromatic N) is 1. The Kier molecular flexibility index (Phi) is 4.01. The molecular weight excluding hydrogens is 352 g/mol. The molecule has 0 radical (unpaired) electrons. The van der Waals surface area contributed by atoms with Crippen molar-refractivity contribution in [3.63, 3.8) is 0 Å². The maximum Gasteiger partial charge on any atom is 0.254 e. The lowest BCUT2D eigenvalue weighted by molar-refractivity contribution is -0.114. The lowest BCUT2D eigenvalue weighted by Gasteiger charge is -2.10. The lowest BCUT2D eigenvalue weighted by Crippen LogP contribution is -2.22. The lowest BCUT2D eigenvalue weighted by atomic mass is 10.1. The smallest absolute Gasteiger partial charge is 0.254 e. The summed E-state index contributed by atoms with van der Waals surface area (Å²) >= 11 is 6.66. The molecule has 1 aromatic heterocycles. The summed E-state index contributed by atoms with van der Waals surface area (Å²) in [7, 11) is 0. The number of hydrogen-bond donors (Lipinski definition) is 1. The third-order valence-electron chi connectivity index (χ3n) is 4.46. The predicted molar refractivity (Wildman–Crippen MR) is 104 cm³/mol. The number of hydrogen-bond acceptors (Lipinski definition) is 4. The van der Waals surface area contributed by atoms with E-state index in [0.717, 1.165) is 33.0 Å². The van der Waals surface area contributed by atoms with E-state index >= 15 is 0 Å². The second-order valence-electron chi connectivity index (χ2n) is 6.10.